The van der Waals surface area contributed by atoms with Crippen molar-refractivity contribution < 1.29 is 0 Å². The van der Waals surface area contributed by atoms with Crippen LogP contribution in [-0.2, 0) is 6.42 Å². The number of nitriles is 1. The molecule has 0 N–H and O–H groups in total. The van der Waals surface area contributed by atoms with Crippen molar-refractivity contribution in [2.24, 2.45) is 5.92 Å². The molecule has 0 radical (unpaired) electrons. The Morgan fingerprint density at radius 3 is 2.71 bits per heavy atom. The van der Waals surface area contributed by atoms with Gasteiger partial charge in [-0.3, -0.25) is 0 Å². The molecule has 1 heterocycles. The molecule has 1 saturated heterocycles. The maximum atomic E-state index is 9.04. The summed E-state index contributed by atoms with van der Waals surface area (Å²) in [6, 6.07) is 8.43. The molecule has 17 heavy (non-hydrogen) atoms. The van der Waals surface area contributed by atoms with Gasteiger partial charge in [-0.15, -0.1) is 0 Å². The molecular formula is C14H17ClN2. The number of benzene rings is 1. The van der Waals surface area contributed by atoms with Gasteiger partial charge >= 0.3 is 0 Å². The van der Waals surface area contributed by atoms with Crippen LogP contribution in [0.25, 0.3) is 0 Å². The monoisotopic (exact) mass is 248 g/mol. The van der Waals surface area contributed by atoms with Crippen molar-refractivity contribution in [3.05, 3.63) is 34.9 Å². The average molecular weight is 249 g/mol. The van der Waals surface area contributed by atoms with Gasteiger partial charge < -0.3 is 4.90 Å². The van der Waals surface area contributed by atoms with Crippen LogP contribution in [0.1, 0.15) is 25.3 Å². The molecular weight excluding hydrogens is 232 g/mol. The predicted octanol–water partition coefficient (Wildman–Crippen LogP) is 3.46. The van der Waals surface area contributed by atoms with Crippen LogP contribution in [0.5, 0.6) is 0 Å². The number of likely N-dealkylation sites (tertiary alicyclic amines) is 1. The number of halogens is 1. The van der Waals surface area contributed by atoms with Gasteiger partial charge in [0.2, 0.25) is 0 Å². The minimum absolute atomic E-state index is 0.404. The molecule has 1 aliphatic rings. The Labute approximate surface area is 108 Å². The van der Waals surface area contributed by atoms with Crippen molar-refractivity contribution >= 4 is 11.6 Å². The van der Waals surface area contributed by atoms with Crippen LogP contribution >= 0.6 is 11.6 Å². The molecule has 2 nitrogen and oxygen atoms in total. The van der Waals surface area contributed by atoms with Gasteiger partial charge in [-0.05, 0) is 49.8 Å². The maximum Gasteiger partial charge on any atom is 0.179 e. The molecule has 0 bridgehead atoms. The van der Waals surface area contributed by atoms with Crippen LogP contribution in [-0.4, -0.2) is 17.5 Å². The normalized spacial score (nSPS) is 24.4. The molecule has 1 aromatic carbocycles. The summed E-state index contributed by atoms with van der Waals surface area (Å²) < 4.78 is 0. The van der Waals surface area contributed by atoms with Gasteiger partial charge in [0, 0.05) is 17.6 Å². The van der Waals surface area contributed by atoms with E-state index in [1.54, 1.807) is 0 Å². The summed E-state index contributed by atoms with van der Waals surface area (Å²) in [6.45, 7) is 3.02. The predicted molar refractivity (Wildman–Crippen MR) is 69.7 cm³/mol. The summed E-state index contributed by atoms with van der Waals surface area (Å²) in [7, 11) is 0. The lowest BCUT2D eigenvalue weighted by atomic mass is 9.89. The van der Waals surface area contributed by atoms with Gasteiger partial charge in [0.1, 0.15) is 0 Å². The maximum absolute atomic E-state index is 9.04. The first kappa shape index (κ1) is 12.3. The molecule has 1 fully saturated rings. The largest absolute Gasteiger partial charge is 0.308 e. The molecule has 0 aromatic heterocycles. The highest BCUT2D eigenvalue weighted by Gasteiger charge is 2.24. The minimum atomic E-state index is 0.404. The first-order chi connectivity index (χ1) is 8.19. The molecule has 0 amide bonds. The summed E-state index contributed by atoms with van der Waals surface area (Å²) in [5, 5.41) is 9.82. The fourth-order valence-corrected chi connectivity index (χ4v) is 2.57. The van der Waals surface area contributed by atoms with Gasteiger partial charge in [0.25, 0.3) is 0 Å². The highest BCUT2D eigenvalue weighted by atomic mass is 35.5. The second-order valence-electron chi connectivity index (χ2n) is 4.88. The zero-order valence-electron chi connectivity index (χ0n) is 10.1. The van der Waals surface area contributed by atoms with E-state index in [0.717, 1.165) is 24.4 Å². The molecule has 1 aliphatic heterocycles. The van der Waals surface area contributed by atoms with Gasteiger partial charge in [0.15, 0.2) is 6.19 Å². The van der Waals surface area contributed by atoms with Crippen LogP contribution in [0.3, 0.4) is 0 Å². The smallest absolute Gasteiger partial charge is 0.179 e. The van der Waals surface area contributed by atoms with Gasteiger partial charge in [0.05, 0.1) is 0 Å². The third-order valence-corrected chi connectivity index (χ3v) is 3.80. The number of hydrogen-bond acceptors (Lipinski definition) is 2. The molecule has 2 atom stereocenters. The van der Waals surface area contributed by atoms with Crippen molar-refractivity contribution in [2.75, 3.05) is 6.54 Å². The van der Waals surface area contributed by atoms with Crippen LogP contribution < -0.4 is 0 Å². The van der Waals surface area contributed by atoms with Crippen molar-refractivity contribution in [1.29, 1.82) is 5.26 Å². The molecule has 3 heteroatoms. The first-order valence-corrected chi connectivity index (χ1v) is 6.47. The fourth-order valence-electron chi connectivity index (χ4n) is 2.44. The van der Waals surface area contributed by atoms with Crippen molar-refractivity contribution in [3.8, 4) is 6.19 Å². The summed E-state index contributed by atoms with van der Waals surface area (Å²) in [4.78, 5) is 1.91. The van der Waals surface area contributed by atoms with Gasteiger partial charge in [-0.25, -0.2) is 0 Å². The Morgan fingerprint density at radius 1 is 1.35 bits per heavy atom. The Balaban J connectivity index is 1.96. The van der Waals surface area contributed by atoms with E-state index in [0.29, 0.717) is 12.0 Å². The Bertz CT molecular complexity index is 407. The van der Waals surface area contributed by atoms with E-state index >= 15 is 0 Å². The molecule has 1 aromatic rings. The molecule has 90 valence electrons. The Kier molecular flexibility index (Phi) is 3.91. The van der Waals surface area contributed by atoms with E-state index in [9.17, 15) is 0 Å². The topological polar surface area (TPSA) is 27.0 Å². The highest BCUT2D eigenvalue weighted by Crippen LogP contribution is 2.24. The van der Waals surface area contributed by atoms with E-state index in [-0.39, 0.29) is 0 Å². The summed E-state index contributed by atoms with van der Waals surface area (Å²) in [6.07, 6.45) is 5.66. The lowest BCUT2D eigenvalue weighted by molar-refractivity contribution is 0.181. The Morgan fingerprint density at radius 2 is 2.06 bits per heavy atom. The van der Waals surface area contributed by atoms with Crippen molar-refractivity contribution in [1.82, 2.24) is 4.90 Å². The molecule has 0 spiro atoms. The second-order valence-corrected chi connectivity index (χ2v) is 5.31. The lowest BCUT2D eigenvalue weighted by Crippen LogP contribution is -2.39. The Hall–Kier alpha value is -1.20. The van der Waals surface area contributed by atoms with Crippen LogP contribution in [0, 0.1) is 17.4 Å². The standard InChI is InChI=1S/C14H17ClN2/c1-11-2-3-13(9-17(11)10-16)8-12-4-6-14(15)7-5-12/h4-7,11,13H,2-3,8-9H2,1H3/t11-,13-/m0/s1. The third-order valence-electron chi connectivity index (χ3n) is 3.55. The minimum Gasteiger partial charge on any atom is -0.308 e. The van der Waals surface area contributed by atoms with Crippen LogP contribution in [0.2, 0.25) is 5.02 Å². The van der Waals surface area contributed by atoms with Gasteiger partial charge in [-0.1, -0.05) is 23.7 Å². The van der Waals surface area contributed by atoms with Crippen molar-refractivity contribution in [3.63, 3.8) is 0 Å². The SMILES string of the molecule is C[C@H]1CC[C@@H](Cc2ccc(Cl)cc2)CN1C#N. The number of hydrogen-bond donors (Lipinski definition) is 0. The number of rotatable bonds is 2. The molecule has 0 unspecified atom stereocenters. The number of nitrogens with zero attached hydrogens (tertiary/aromatic N) is 2. The van der Waals surface area contributed by atoms with E-state index < -0.39 is 0 Å². The fraction of sp³-hybridized carbons (Fsp3) is 0.500. The van der Waals surface area contributed by atoms with Crippen LogP contribution in [0.15, 0.2) is 24.3 Å². The van der Waals surface area contributed by atoms with Gasteiger partial charge in [-0.2, -0.15) is 5.26 Å². The third kappa shape index (κ3) is 3.14. The summed E-state index contributed by atoms with van der Waals surface area (Å²) in [5.41, 5.74) is 1.31. The molecule has 0 saturated carbocycles. The first-order valence-electron chi connectivity index (χ1n) is 6.10. The summed E-state index contributed by atoms with van der Waals surface area (Å²) in [5.74, 6) is 0.590. The zero-order chi connectivity index (χ0) is 12.3. The second kappa shape index (κ2) is 5.42. The number of piperidine rings is 1. The lowest BCUT2D eigenvalue weighted by Gasteiger charge is -2.34. The van der Waals surface area contributed by atoms with E-state index in [4.69, 9.17) is 16.9 Å². The summed E-state index contributed by atoms with van der Waals surface area (Å²) >= 11 is 5.87. The van der Waals surface area contributed by atoms with Crippen molar-refractivity contribution in [2.45, 2.75) is 32.2 Å². The zero-order valence-corrected chi connectivity index (χ0v) is 10.8. The molecule has 0 aliphatic carbocycles. The highest BCUT2D eigenvalue weighted by molar-refractivity contribution is 6.30. The van der Waals surface area contributed by atoms with E-state index in [2.05, 4.69) is 25.2 Å². The average Bonchev–Trinajstić information content (AvgIpc) is 2.34. The van der Waals surface area contributed by atoms with Crippen LogP contribution in [0.4, 0.5) is 0 Å². The van der Waals surface area contributed by atoms with E-state index in [1.165, 1.54) is 12.0 Å². The molecule has 2 rings (SSSR count). The quantitative estimate of drug-likeness (QED) is 0.750. The van der Waals surface area contributed by atoms with E-state index in [1.807, 2.05) is 17.0 Å².